The van der Waals surface area contributed by atoms with Gasteiger partial charge in [-0.15, -0.1) is 0 Å². The third-order valence-electron chi connectivity index (χ3n) is 3.49. The normalized spacial score (nSPS) is 18.9. The minimum atomic E-state index is -3.79. The lowest BCUT2D eigenvalue weighted by molar-refractivity contribution is -0.141. The highest BCUT2D eigenvalue weighted by atomic mass is 35.5. The predicted octanol–water partition coefficient (Wildman–Crippen LogP) is 0.945. The molecule has 1 heterocycles. The van der Waals surface area contributed by atoms with E-state index in [1.54, 1.807) is 6.92 Å². The summed E-state index contributed by atoms with van der Waals surface area (Å²) in [6, 6.07) is 3.87. The second-order valence-corrected chi connectivity index (χ2v) is 7.70. The van der Waals surface area contributed by atoms with Crippen LogP contribution in [0.5, 0.6) is 0 Å². The number of sulfonamides is 1. The van der Waals surface area contributed by atoms with Crippen LogP contribution in [0, 0.1) is 5.92 Å². The minimum Gasteiger partial charge on any atom is -0.465 e. The fourth-order valence-corrected chi connectivity index (χ4v) is 4.38. The SMILES string of the molecule is CCOC(=O)CNC(=O)c1cc(N2C(=O)C(C)CS2(=O)=O)ccc1Cl. The van der Waals surface area contributed by atoms with E-state index in [4.69, 9.17) is 16.3 Å². The molecule has 1 atom stereocenters. The van der Waals surface area contributed by atoms with Crippen LogP contribution in [-0.4, -0.2) is 45.1 Å². The molecular formula is C15H17ClN2O6S. The van der Waals surface area contributed by atoms with E-state index in [-0.39, 0.29) is 35.2 Å². The Bertz CT molecular complexity index is 823. The molecule has 1 saturated heterocycles. The van der Waals surface area contributed by atoms with Gasteiger partial charge in [-0.3, -0.25) is 14.4 Å². The van der Waals surface area contributed by atoms with E-state index in [1.807, 2.05) is 0 Å². The van der Waals surface area contributed by atoms with Crippen LogP contribution in [0.3, 0.4) is 0 Å². The molecule has 0 saturated carbocycles. The molecule has 0 bridgehead atoms. The van der Waals surface area contributed by atoms with Crippen molar-refractivity contribution in [3.63, 3.8) is 0 Å². The van der Waals surface area contributed by atoms with Crippen LogP contribution in [0.2, 0.25) is 5.02 Å². The van der Waals surface area contributed by atoms with E-state index < -0.39 is 33.7 Å². The van der Waals surface area contributed by atoms with Gasteiger partial charge in [0, 0.05) is 0 Å². The third kappa shape index (κ3) is 4.10. The summed E-state index contributed by atoms with van der Waals surface area (Å²) in [6.45, 7) is 2.97. The largest absolute Gasteiger partial charge is 0.465 e. The van der Waals surface area contributed by atoms with Crippen molar-refractivity contribution in [3.8, 4) is 0 Å². The van der Waals surface area contributed by atoms with Gasteiger partial charge in [-0.2, -0.15) is 0 Å². The van der Waals surface area contributed by atoms with Crippen LogP contribution in [-0.2, 0) is 24.3 Å². The number of halogens is 1. The molecule has 0 aliphatic carbocycles. The highest BCUT2D eigenvalue weighted by molar-refractivity contribution is 7.94. The summed E-state index contributed by atoms with van der Waals surface area (Å²) in [5.74, 6) is -2.83. The molecule has 0 aromatic heterocycles. The van der Waals surface area contributed by atoms with E-state index in [2.05, 4.69) is 5.32 Å². The first kappa shape index (κ1) is 19.2. The highest BCUT2D eigenvalue weighted by Gasteiger charge is 2.42. The van der Waals surface area contributed by atoms with Crippen LogP contribution < -0.4 is 9.62 Å². The number of carbonyl (C=O) groups excluding carboxylic acids is 3. The molecule has 1 aliphatic heterocycles. The van der Waals surface area contributed by atoms with Crippen LogP contribution in [0.25, 0.3) is 0 Å². The van der Waals surface area contributed by atoms with Crippen molar-refractivity contribution >= 4 is 45.1 Å². The topological polar surface area (TPSA) is 110 Å². The molecule has 2 amide bonds. The molecule has 1 unspecified atom stereocenters. The third-order valence-corrected chi connectivity index (χ3v) is 5.69. The van der Waals surface area contributed by atoms with Gasteiger partial charge >= 0.3 is 5.97 Å². The lowest BCUT2D eigenvalue weighted by atomic mass is 10.1. The summed E-state index contributed by atoms with van der Waals surface area (Å²) in [7, 11) is -3.79. The number of nitrogens with zero attached hydrogens (tertiary/aromatic N) is 1. The molecule has 0 spiro atoms. The molecule has 0 radical (unpaired) electrons. The maximum absolute atomic E-state index is 12.2. The van der Waals surface area contributed by atoms with Gasteiger partial charge in [0.1, 0.15) is 6.54 Å². The Hall–Kier alpha value is -2.13. The highest BCUT2D eigenvalue weighted by Crippen LogP contribution is 2.31. The Morgan fingerprint density at radius 3 is 2.64 bits per heavy atom. The second-order valence-electron chi connectivity index (χ2n) is 5.43. The Balaban J connectivity index is 2.27. The van der Waals surface area contributed by atoms with E-state index in [1.165, 1.54) is 25.1 Å². The monoisotopic (exact) mass is 388 g/mol. The molecule has 136 valence electrons. The van der Waals surface area contributed by atoms with Crippen molar-refractivity contribution in [2.24, 2.45) is 5.92 Å². The van der Waals surface area contributed by atoms with Crippen LogP contribution in [0.15, 0.2) is 18.2 Å². The van der Waals surface area contributed by atoms with Crippen molar-refractivity contribution < 1.29 is 27.5 Å². The van der Waals surface area contributed by atoms with E-state index in [9.17, 15) is 22.8 Å². The zero-order valence-corrected chi connectivity index (χ0v) is 15.2. The number of ether oxygens (including phenoxy) is 1. The molecule has 10 heteroatoms. The molecular weight excluding hydrogens is 372 g/mol. The van der Waals surface area contributed by atoms with Crippen molar-refractivity contribution in [1.29, 1.82) is 0 Å². The number of hydrogen-bond acceptors (Lipinski definition) is 6. The first-order chi connectivity index (χ1) is 11.7. The summed E-state index contributed by atoms with van der Waals surface area (Å²) in [5.41, 5.74) is -0.0222. The number of carbonyl (C=O) groups is 3. The van der Waals surface area contributed by atoms with Gasteiger partial charge in [-0.05, 0) is 25.1 Å². The van der Waals surface area contributed by atoms with Gasteiger partial charge in [-0.25, -0.2) is 12.7 Å². The molecule has 1 fully saturated rings. The summed E-state index contributed by atoms with van der Waals surface area (Å²) < 4.78 is 29.7. The van der Waals surface area contributed by atoms with Crippen LogP contribution in [0.1, 0.15) is 24.2 Å². The maximum Gasteiger partial charge on any atom is 0.325 e. The smallest absolute Gasteiger partial charge is 0.325 e. The lowest BCUT2D eigenvalue weighted by Gasteiger charge is -2.16. The number of nitrogens with one attached hydrogen (secondary N) is 1. The molecule has 8 nitrogen and oxygen atoms in total. The fraction of sp³-hybridized carbons (Fsp3) is 0.400. The van der Waals surface area contributed by atoms with Gasteiger partial charge in [0.25, 0.3) is 5.91 Å². The summed E-state index contributed by atoms with van der Waals surface area (Å²) in [4.78, 5) is 35.6. The number of rotatable bonds is 5. The molecule has 2 rings (SSSR count). The van der Waals surface area contributed by atoms with Gasteiger partial charge < -0.3 is 10.1 Å². The van der Waals surface area contributed by atoms with Crippen LogP contribution >= 0.6 is 11.6 Å². The minimum absolute atomic E-state index is 0.0278. The standard InChI is InChI=1S/C15H17ClN2O6S/c1-3-24-13(19)7-17-14(20)11-6-10(4-5-12(11)16)18-15(21)9(2)8-25(18,22)23/h4-6,9H,3,7-8H2,1-2H3,(H,17,20). The first-order valence-corrected chi connectivity index (χ1v) is 9.46. The summed E-state index contributed by atoms with van der Waals surface area (Å²) in [5, 5.41) is 2.39. The average Bonchev–Trinajstić information content (AvgIpc) is 2.74. The van der Waals surface area contributed by atoms with Crippen molar-refractivity contribution in [2.45, 2.75) is 13.8 Å². The molecule has 1 N–H and O–H groups in total. The number of hydrogen-bond donors (Lipinski definition) is 1. The Labute approximate surface area is 150 Å². The summed E-state index contributed by atoms with van der Waals surface area (Å²) >= 11 is 5.98. The number of esters is 1. The number of benzene rings is 1. The maximum atomic E-state index is 12.2. The van der Waals surface area contributed by atoms with Crippen molar-refractivity contribution in [2.75, 3.05) is 23.2 Å². The fourth-order valence-electron chi connectivity index (χ4n) is 2.36. The molecule has 1 aromatic rings. The second kappa shape index (κ2) is 7.40. The van der Waals surface area contributed by atoms with Crippen LogP contribution in [0.4, 0.5) is 5.69 Å². The van der Waals surface area contributed by atoms with E-state index in [0.717, 1.165) is 0 Å². The zero-order valence-electron chi connectivity index (χ0n) is 13.6. The Morgan fingerprint density at radius 2 is 2.08 bits per heavy atom. The van der Waals surface area contributed by atoms with Crippen molar-refractivity contribution in [3.05, 3.63) is 28.8 Å². The number of anilines is 1. The lowest BCUT2D eigenvalue weighted by Crippen LogP contribution is -2.32. The molecule has 25 heavy (non-hydrogen) atoms. The van der Waals surface area contributed by atoms with Gasteiger partial charge in [-0.1, -0.05) is 18.5 Å². The van der Waals surface area contributed by atoms with Crippen molar-refractivity contribution in [1.82, 2.24) is 5.32 Å². The molecule has 1 aliphatic rings. The van der Waals surface area contributed by atoms with Gasteiger partial charge in [0.05, 0.1) is 34.6 Å². The Morgan fingerprint density at radius 1 is 1.40 bits per heavy atom. The zero-order chi connectivity index (χ0) is 18.8. The van der Waals surface area contributed by atoms with Gasteiger partial charge in [0.15, 0.2) is 0 Å². The van der Waals surface area contributed by atoms with E-state index in [0.29, 0.717) is 4.31 Å². The van der Waals surface area contributed by atoms with E-state index >= 15 is 0 Å². The number of amides is 2. The predicted molar refractivity (Wildman–Crippen MR) is 90.9 cm³/mol. The Kier molecular flexibility index (Phi) is 5.69. The molecule has 1 aromatic carbocycles. The first-order valence-electron chi connectivity index (χ1n) is 7.47. The summed E-state index contributed by atoms with van der Waals surface area (Å²) in [6.07, 6.45) is 0. The average molecular weight is 389 g/mol. The van der Waals surface area contributed by atoms with Gasteiger partial charge in [0.2, 0.25) is 15.9 Å². The quantitative estimate of drug-likeness (QED) is 0.752.